The normalized spacial score (nSPS) is 16.2. The molecule has 1 aliphatic rings. The number of rotatable bonds is 5. The van der Waals surface area contributed by atoms with Crippen molar-refractivity contribution in [3.8, 4) is 0 Å². The zero-order chi connectivity index (χ0) is 15.2. The monoisotopic (exact) mass is 308 g/mol. The molecule has 2 rings (SSSR count). The quantitative estimate of drug-likeness (QED) is 0.906. The Hall–Kier alpha value is -1.06. The molecule has 1 aliphatic heterocycles. The lowest BCUT2D eigenvalue weighted by Gasteiger charge is -2.33. The lowest BCUT2D eigenvalue weighted by Crippen LogP contribution is -2.43. The van der Waals surface area contributed by atoms with Crippen LogP contribution < -0.4 is 5.32 Å². The first-order chi connectivity index (χ1) is 10.1. The maximum absolute atomic E-state index is 12.6. The molecule has 116 valence electrons. The zero-order valence-electron chi connectivity index (χ0n) is 12.9. The van der Waals surface area contributed by atoms with Gasteiger partial charge in [0.15, 0.2) is 0 Å². The topological polar surface area (TPSA) is 32.3 Å². The fourth-order valence-electron chi connectivity index (χ4n) is 2.82. The van der Waals surface area contributed by atoms with E-state index in [0.29, 0.717) is 17.4 Å². The van der Waals surface area contributed by atoms with Gasteiger partial charge in [-0.2, -0.15) is 0 Å². The number of carbonyl (C=O) groups excluding carboxylic acids is 1. The minimum absolute atomic E-state index is 0.214. The molecule has 1 amide bonds. The molecule has 0 radical (unpaired) electrons. The van der Waals surface area contributed by atoms with Crippen LogP contribution in [-0.4, -0.2) is 36.5 Å². The highest BCUT2D eigenvalue weighted by Crippen LogP contribution is 2.17. The number of carbonyl (C=O) groups is 1. The summed E-state index contributed by atoms with van der Waals surface area (Å²) in [5, 5.41) is 4.09. The van der Waals surface area contributed by atoms with Crippen LogP contribution in [0, 0.1) is 5.92 Å². The number of halogens is 1. The highest BCUT2D eigenvalue weighted by molar-refractivity contribution is 6.30. The lowest BCUT2D eigenvalue weighted by atomic mass is 9.96. The second kappa shape index (κ2) is 7.81. The first kappa shape index (κ1) is 16.3. The van der Waals surface area contributed by atoms with E-state index in [4.69, 9.17) is 11.6 Å². The molecule has 0 bridgehead atoms. The van der Waals surface area contributed by atoms with Crippen LogP contribution in [0.15, 0.2) is 24.3 Å². The van der Waals surface area contributed by atoms with Crippen LogP contribution >= 0.6 is 11.6 Å². The molecule has 0 unspecified atom stereocenters. The van der Waals surface area contributed by atoms with Crippen LogP contribution in [-0.2, 0) is 11.2 Å². The van der Waals surface area contributed by atoms with E-state index < -0.39 is 0 Å². The van der Waals surface area contributed by atoms with Crippen molar-refractivity contribution >= 4 is 17.5 Å². The fourth-order valence-corrected chi connectivity index (χ4v) is 2.95. The minimum atomic E-state index is 0.214. The van der Waals surface area contributed by atoms with Crippen molar-refractivity contribution in [2.75, 3.05) is 19.6 Å². The summed E-state index contributed by atoms with van der Waals surface area (Å²) in [4.78, 5) is 14.6. The van der Waals surface area contributed by atoms with Crippen LogP contribution in [0.2, 0.25) is 5.02 Å². The molecule has 0 spiro atoms. The molecule has 1 N–H and O–H groups in total. The Kier molecular flexibility index (Phi) is 6.07. The summed E-state index contributed by atoms with van der Waals surface area (Å²) >= 11 is 5.89. The van der Waals surface area contributed by atoms with Crippen LogP contribution in [0.1, 0.15) is 32.3 Å². The van der Waals surface area contributed by atoms with Crippen molar-refractivity contribution < 1.29 is 4.79 Å². The number of benzene rings is 1. The molecule has 1 fully saturated rings. The summed E-state index contributed by atoms with van der Waals surface area (Å²) in [6.45, 7) is 7.22. The van der Waals surface area contributed by atoms with Gasteiger partial charge in [0.05, 0.1) is 6.42 Å². The van der Waals surface area contributed by atoms with Crippen molar-refractivity contribution in [1.29, 1.82) is 0 Å². The number of hydrogen-bond donors (Lipinski definition) is 1. The van der Waals surface area contributed by atoms with Crippen LogP contribution in [0.3, 0.4) is 0 Å². The first-order valence-corrected chi connectivity index (χ1v) is 8.18. The molecule has 1 aromatic carbocycles. The number of hydrogen-bond acceptors (Lipinski definition) is 2. The highest BCUT2D eigenvalue weighted by Gasteiger charge is 2.22. The van der Waals surface area contributed by atoms with Crippen LogP contribution in [0.4, 0.5) is 0 Å². The van der Waals surface area contributed by atoms with Crippen molar-refractivity contribution in [3.63, 3.8) is 0 Å². The van der Waals surface area contributed by atoms with Gasteiger partial charge < -0.3 is 10.2 Å². The third-order valence-corrected chi connectivity index (χ3v) is 4.38. The Labute approximate surface area is 132 Å². The van der Waals surface area contributed by atoms with Crippen molar-refractivity contribution in [2.45, 2.75) is 39.2 Å². The Bertz CT molecular complexity index is 452. The maximum Gasteiger partial charge on any atom is 0.227 e. The molecule has 1 saturated heterocycles. The van der Waals surface area contributed by atoms with Crippen LogP contribution in [0.5, 0.6) is 0 Å². The van der Waals surface area contributed by atoms with Crippen LogP contribution in [0.25, 0.3) is 0 Å². The predicted molar refractivity (Wildman–Crippen MR) is 87.6 cm³/mol. The van der Waals surface area contributed by atoms with E-state index in [1.54, 1.807) is 0 Å². The summed E-state index contributed by atoms with van der Waals surface area (Å²) in [5.41, 5.74) is 1.03. The molecule has 0 aromatic heterocycles. The number of amides is 1. The van der Waals surface area contributed by atoms with E-state index in [1.807, 2.05) is 29.2 Å². The van der Waals surface area contributed by atoms with E-state index in [0.717, 1.165) is 38.0 Å². The van der Waals surface area contributed by atoms with Crippen molar-refractivity contribution in [1.82, 2.24) is 10.2 Å². The largest absolute Gasteiger partial charge is 0.340 e. The molecule has 0 saturated carbocycles. The smallest absolute Gasteiger partial charge is 0.227 e. The average Bonchev–Trinajstić information content (AvgIpc) is 2.48. The molecule has 0 atom stereocenters. The Morgan fingerprint density at radius 3 is 2.48 bits per heavy atom. The maximum atomic E-state index is 12.6. The molecule has 1 heterocycles. The fraction of sp³-hybridized carbons (Fsp3) is 0.588. The number of piperidine rings is 1. The van der Waals surface area contributed by atoms with Crippen molar-refractivity contribution in [3.05, 3.63) is 34.9 Å². The molecule has 3 nitrogen and oxygen atoms in total. The molecule has 1 aromatic rings. The Morgan fingerprint density at radius 2 is 1.90 bits per heavy atom. The lowest BCUT2D eigenvalue weighted by molar-refractivity contribution is -0.133. The van der Waals surface area contributed by atoms with E-state index in [-0.39, 0.29) is 11.9 Å². The number of nitrogens with zero attached hydrogens (tertiary/aromatic N) is 1. The van der Waals surface area contributed by atoms with E-state index >= 15 is 0 Å². The van der Waals surface area contributed by atoms with E-state index in [1.165, 1.54) is 0 Å². The molecular weight excluding hydrogens is 284 g/mol. The molecular formula is C17H25ClN2O. The predicted octanol–water partition coefficient (Wildman–Crippen LogP) is 3.12. The molecule has 21 heavy (non-hydrogen) atoms. The first-order valence-electron chi connectivity index (χ1n) is 7.81. The van der Waals surface area contributed by atoms with Gasteiger partial charge in [0.2, 0.25) is 5.91 Å². The minimum Gasteiger partial charge on any atom is -0.340 e. The second-order valence-electron chi connectivity index (χ2n) is 6.14. The van der Waals surface area contributed by atoms with Gasteiger partial charge in [0.25, 0.3) is 0 Å². The zero-order valence-corrected chi connectivity index (χ0v) is 13.7. The van der Waals surface area contributed by atoms with E-state index in [2.05, 4.69) is 19.2 Å². The van der Waals surface area contributed by atoms with Crippen molar-refractivity contribution in [2.24, 2.45) is 5.92 Å². The number of nitrogens with one attached hydrogen (secondary N) is 1. The van der Waals surface area contributed by atoms with Gasteiger partial charge in [-0.15, -0.1) is 0 Å². The third-order valence-electron chi connectivity index (χ3n) is 4.13. The summed E-state index contributed by atoms with van der Waals surface area (Å²) in [6, 6.07) is 7.81. The summed E-state index contributed by atoms with van der Waals surface area (Å²) in [5.74, 6) is 0.841. The summed E-state index contributed by atoms with van der Waals surface area (Å²) < 4.78 is 0. The SMILES string of the molecule is CC(C)N(CC1CCNCC1)C(=O)Cc1ccc(Cl)cc1. The molecule has 4 heteroatoms. The summed E-state index contributed by atoms with van der Waals surface area (Å²) in [6.07, 6.45) is 2.79. The van der Waals surface area contributed by atoms with Gasteiger partial charge in [-0.05, 0) is 63.4 Å². The highest BCUT2D eigenvalue weighted by atomic mass is 35.5. The average molecular weight is 309 g/mol. The van der Waals surface area contributed by atoms with Gasteiger partial charge in [-0.1, -0.05) is 23.7 Å². The van der Waals surface area contributed by atoms with Gasteiger partial charge in [0, 0.05) is 17.6 Å². The standard InChI is InChI=1S/C17H25ClN2O/c1-13(2)20(12-15-7-9-19-10-8-15)17(21)11-14-3-5-16(18)6-4-14/h3-6,13,15,19H,7-12H2,1-2H3. The Balaban J connectivity index is 1.96. The van der Waals surface area contributed by atoms with Gasteiger partial charge >= 0.3 is 0 Å². The summed E-state index contributed by atoms with van der Waals surface area (Å²) in [7, 11) is 0. The Morgan fingerprint density at radius 1 is 1.29 bits per heavy atom. The second-order valence-corrected chi connectivity index (χ2v) is 6.57. The van der Waals surface area contributed by atoms with Gasteiger partial charge in [0.1, 0.15) is 0 Å². The van der Waals surface area contributed by atoms with Gasteiger partial charge in [-0.3, -0.25) is 4.79 Å². The van der Waals surface area contributed by atoms with E-state index in [9.17, 15) is 4.79 Å². The third kappa shape index (κ3) is 5.01. The van der Waals surface area contributed by atoms with Gasteiger partial charge in [-0.25, -0.2) is 0 Å². The molecule has 0 aliphatic carbocycles.